The van der Waals surface area contributed by atoms with Crippen molar-refractivity contribution >= 4 is 17.3 Å². The summed E-state index contributed by atoms with van der Waals surface area (Å²) in [6.07, 6.45) is 5.46. The molecule has 0 aromatic carbocycles. The summed E-state index contributed by atoms with van der Waals surface area (Å²) in [6.45, 7) is 9.10. The number of hydrogen-bond acceptors (Lipinski definition) is 4. The normalized spacial score (nSPS) is 22.7. The molecule has 1 aliphatic carbocycles. The van der Waals surface area contributed by atoms with Crippen LogP contribution in [-0.2, 0) is 11.3 Å². The zero-order valence-electron chi connectivity index (χ0n) is 16.4. The van der Waals surface area contributed by atoms with Crippen molar-refractivity contribution in [2.75, 3.05) is 27.2 Å². The lowest BCUT2D eigenvalue weighted by molar-refractivity contribution is 0.119. The van der Waals surface area contributed by atoms with E-state index in [1.165, 1.54) is 25.7 Å². The predicted molar refractivity (Wildman–Crippen MR) is 106 cm³/mol. The molecule has 3 atom stereocenters. The summed E-state index contributed by atoms with van der Waals surface area (Å²) in [5.41, 5.74) is 1.07. The zero-order chi connectivity index (χ0) is 18.2. The minimum Gasteiger partial charge on any atom is -0.375 e. The molecule has 1 aromatic rings. The third-order valence-electron chi connectivity index (χ3n) is 5.13. The van der Waals surface area contributed by atoms with E-state index in [-0.39, 0.29) is 6.10 Å². The molecule has 142 valence electrons. The molecule has 2 rings (SSSR count). The van der Waals surface area contributed by atoms with Gasteiger partial charge in [-0.05, 0) is 32.1 Å². The summed E-state index contributed by atoms with van der Waals surface area (Å²) in [4.78, 5) is 11.8. The first-order chi connectivity index (χ1) is 12.0. The highest BCUT2D eigenvalue weighted by Gasteiger charge is 2.21. The number of hydrogen-bond donors (Lipinski definition) is 1. The van der Waals surface area contributed by atoms with Crippen LogP contribution in [0.2, 0.25) is 0 Å². The molecule has 0 spiro atoms. The Balaban J connectivity index is 1.97. The van der Waals surface area contributed by atoms with Crippen molar-refractivity contribution in [1.29, 1.82) is 0 Å². The molecule has 1 aliphatic rings. The first-order valence-corrected chi connectivity index (χ1v) is 10.4. The summed E-state index contributed by atoms with van der Waals surface area (Å²) < 4.78 is 5.35. The first kappa shape index (κ1) is 20.2. The van der Waals surface area contributed by atoms with Crippen molar-refractivity contribution in [2.24, 2.45) is 16.8 Å². The van der Waals surface area contributed by atoms with Gasteiger partial charge in [0.2, 0.25) is 0 Å². The van der Waals surface area contributed by atoms with Gasteiger partial charge < -0.3 is 15.0 Å². The van der Waals surface area contributed by atoms with Gasteiger partial charge in [0.1, 0.15) is 11.1 Å². The summed E-state index contributed by atoms with van der Waals surface area (Å²) in [6, 6.07) is 0. The monoisotopic (exact) mass is 366 g/mol. The summed E-state index contributed by atoms with van der Waals surface area (Å²) in [5.74, 6) is 2.50. The number of aliphatic imine (C=N–C) groups is 1. The van der Waals surface area contributed by atoms with Crippen LogP contribution in [0.3, 0.4) is 0 Å². The maximum Gasteiger partial charge on any atom is 0.194 e. The number of nitrogens with one attached hydrogen (secondary N) is 1. The molecule has 5 nitrogen and oxygen atoms in total. The molecule has 0 bridgehead atoms. The van der Waals surface area contributed by atoms with Crippen LogP contribution in [0.1, 0.15) is 63.3 Å². The van der Waals surface area contributed by atoms with Gasteiger partial charge in [-0.3, -0.25) is 4.99 Å². The van der Waals surface area contributed by atoms with Crippen LogP contribution in [-0.4, -0.2) is 43.1 Å². The number of methoxy groups -OCH3 is 1. The van der Waals surface area contributed by atoms with Crippen LogP contribution in [0.15, 0.2) is 10.4 Å². The van der Waals surface area contributed by atoms with Gasteiger partial charge in [0.25, 0.3) is 0 Å². The second kappa shape index (κ2) is 10.1. The van der Waals surface area contributed by atoms with E-state index in [0.717, 1.165) is 48.1 Å². The van der Waals surface area contributed by atoms with Gasteiger partial charge in [0, 0.05) is 32.6 Å². The van der Waals surface area contributed by atoms with E-state index in [1.807, 2.05) is 6.92 Å². The van der Waals surface area contributed by atoms with Crippen LogP contribution in [0.5, 0.6) is 0 Å². The Morgan fingerprint density at radius 2 is 2.24 bits per heavy atom. The number of aromatic nitrogens is 1. The Morgan fingerprint density at radius 1 is 1.48 bits per heavy atom. The lowest BCUT2D eigenvalue weighted by Gasteiger charge is -2.28. The van der Waals surface area contributed by atoms with Crippen molar-refractivity contribution in [1.82, 2.24) is 15.2 Å². The fourth-order valence-electron chi connectivity index (χ4n) is 3.34. The van der Waals surface area contributed by atoms with Gasteiger partial charge in [-0.15, -0.1) is 11.3 Å². The molecule has 25 heavy (non-hydrogen) atoms. The number of guanidine groups is 1. The van der Waals surface area contributed by atoms with E-state index in [4.69, 9.17) is 14.7 Å². The van der Waals surface area contributed by atoms with E-state index >= 15 is 0 Å². The summed E-state index contributed by atoms with van der Waals surface area (Å²) in [7, 11) is 3.81. The Kier molecular flexibility index (Phi) is 8.16. The SMILES string of the molecule is CCNC(=NCC1CCCCC1C)N(C)Cc1csc(C(C)OC)n1. The molecule has 3 unspecified atom stereocenters. The van der Waals surface area contributed by atoms with E-state index in [1.54, 1.807) is 18.4 Å². The van der Waals surface area contributed by atoms with Crippen LogP contribution < -0.4 is 5.32 Å². The van der Waals surface area contributed by atoms with E-state index in [0.29, 0.717) is 0 Å². The quantitative estimate of drug-likeness (QED) is 0.584. The maximum absolute atomic E-state index is 5.35. The van der Waals surface area contributed by atoms with Crippen molar-refractivity contribution in [3.8, 4) is 0 Å². The largest absolute Gasteiger partial charge is 0.375 e. The van der Waals surface area contributed by atoms with Crippen molar-refractivity contribution in [3.05, 3.63) is 16.1 Å². The number of thiazole rings is 1. The average molecular weight is 367 g/mol. The minimum atomic E-state index is 0.0544. The topological polar surface area (TPSA) is 49.8 Å². The van der Waals surface area contributed by atoms with Crippen LogP contribution in [0.4, 0.5) is 0 Å². The second-order valence-corrected chi connectivity index (χ2v) is 8.02. The number of nitrogens with zero attached hydrogens (tertiary/aromatic N) is 3. The van der Waals surface area contributed by atoms with Gasteiger partial charge in [0.05, 0.1) is 12.2 Å². The number of ether oxygens (including phenoxy) is 1. The molecule has 6 heteroatoms. The van der Waals surface area contributed by atoms with Crippen LogP contribution in [0.25, 0.3) is 0 Å². The molecule has 1 heterocycles. The van der Waals surface area contributed by atoms with E-state index in [2.05, 4.69) is 36.5 Å². The Bertz CT molecular complexity index is 545. The van der Waals surface area contributed by atoms with Gasteiger partial charge >= 0.3 is 0 Å². The van der Waals surface area contributed by atoms with Crippen LogP contribution >= 0.6 is 11.3 Å². The predicted octanol–water partition coefficient (Wildman–Crippen LogP) is 4.07. The highest BCUT2D eigenvalue weighted by atomic mass is 32.1. The van der Waals surface area contributed by atoms with Crippen molar-refractivity contribution in [2.45, 2.75) is 59.1 Å². The molecular weight excluding hydrogens is 332 g/mol. The second-order valence-electron chi connectivity index (χ2n) is 7.13. The standard InChI is InChI=1S/C19H34N4OS/c1-6-20-19(21-11-16-10-8-7-9-14(16)2)23(4)12-17-13-25-18(22-17)15(3)24-5/h13-16H,6-12H2,1-5H3,(H,20,21). The molecular formula is C19H34N4OS. The summed E-state index contributed by atoms with van der Waals surface area (Å²) in [5, 5.41) is 6.58. The minimum absolute atomic E-state index is 0.0544. The molecule has 0 aliphatic heterocycles. The molecule has 1 saturated carbocycles. The van der Waals surface area contributed by atoms with Crippen molar-refractivity contribution in [3.63, 3.8) is 0 Å². The molecule has 0 amide bonds. The molecule has 1 fully saturated rings. The highest BCUT2D eigenvalue weighted by Crippen LogP contribution is 2.29. The number of rotatable bonds is 7. The molecule has 1 N–H and O–H groups in total. The third-order valence-corrected chi connectivity index (χ3v) is 6.19. The lowest BCUT2D eigenvalue weighted by Crippen LogP contribution is -2.39. The fraction of sp³-hybridized carbons (Fsp3) is 0.789. The Hall–Kier alpha value is -1.14. The lowest BCUT2D eigenvalue weighted by atomic mass is 9.80. The Morgan fingerprint density at radius 3 is 2.92 bits per heavy atom. The van der Waals surface area contributed by atoms with Gasteiger partial charge in [-0.25, -0.2) is 4.98 Å². The van der Waals surface area contributed by atoms with Crippen molar-refractivity contribution < 1.29 is 4.74 Å². The smallest absolute Gasteiger partial charge is 0.194 e. The zero-order valence-corrected chi connectivity index (χ0v) is 17.2. The molecule has 1 aromatic heterocycles. The van der Waals surface area contributed by atoms with E-state index in [9.17, 15) is 0 Å². The molecule has 0 radical (unpaired) electrons. The van der Waals surface area contributed by atoms with Gasteiger partial charge in [0.15, 0.2) is 5.96 Å². The van der Waals surface area contributed by atoms with E-state index < -0.39 is 0 Å². The summed E-state index contributed by atoms with van der Waals surface area (Å²) >= 11 is 1.66. The molecule has 0 saturated heterocycles. The fourth-order valence-corrected chi connectivity index (χ4v) is 4.18. The highest BCUT2D eigenvalue weighted by molar-refractivity contribution is 7.09. The first-order valence-electron chi connectivity index (χ1n) is 9.51. The average Bonchev–Trinajstić information content (AvgIpc) is 3.07. The van der Waals surface area contributed by atoms with Gasteiger partial charge in [-0.1, -0.05) is 26.2 Å². The van der Waals surface area contributed by atoms with Crippen LogP contribution in [0, 0.1) is 11.8 Å². The third kappa shape index (κ3) is 5.96. The maximum atomic E-state index is 5.35. The van der Waals surface area contributed by atoms with Gasteiger partial charge in [-0.2, -0.15) is 0 Å². The Labute approximate surface area is 156 Å².